The molecule has 0 aromatic carbocycles. The second-order valence-corrected chi connectivity index (χ2v) is 9.07. The smallest absolute Gasteiger partial charge is 0.0144 e. The summed E-state index contributed by atoms with van der Waals surface area (Å²) < 4.78 is 0. The lowest BCUT2D eigenvalue weighted by atomic mass is 9.79. The van der Waals surface area contributed by atoms with Crippen molar-refractivity contribution in [2.45, 2.75) is 102 Å². The highest BCUT2D eigenvalue weighted by molar-refractivity contribution is 5.02. The van der Waals surface area contributed by atoms with Crippen molar-refractivity contribution in [2.24, 2.45) is 5.92 Å². The Hall–Kier alpha value is -0.120. The summed E-state index contributed by atoms with van der Waals surface area (Å²) in [5.74, 6) is 0.869. The fraction of sp³-hybridized carbons (Fsp3) is 1.00. The Balaban J connectivity index is 1.62. The van der Waals surface area contributed by atoms with Crippen molar-refractivity contribution in [3.05, 3.63) is 0 Å². The maximum atomic E-state index is 4.08. The van der Waals surface area contributed by atoms with Gasteiger partial charge in [-0.3, -0.25) is 0 Å². The lowest BCUT2D eigenvalue weighted by molar-refractivity contribution is 0.132. The van der Waals surface area contributed by atoms with Gasteiger partial charge in [0, 0.05) is 29.2 Å². The Kier molecular flexibility index (Phi) is 4.37. The minimum absolute atomic E-state index is 0.249. The van der Waals surface area contributed by atoms with Crippen LogP contribution in [0.5, 0.6) is 0 Å². The molecule has 21 heavy (non-hydrogen) atoms. The lowest BCUT2D eigenvalue weighted by Crippen LogP contribution is -2.63. The van der Waals surface area contributed by atoms with Gasteiger partial charge in [0.05, 0.1) is 0 Å². The van der Waals surface area contributed by atoms with E-state index in [1.807, 2.05) is 0 Å². The second kappa shape index (κ2) is 5.82. The first-order chi connectivity index (χ1) is 9.85. The minimum Gasteiger partial charge on any atom is -0.314 e. The SMILES string of the molecule is CC1(C)CC(NC2CCCC2C2CCCN2)CC(C)(C)N1. The van der Waals surface area contributed by atoms with Crippen LogP contribution in [0.25, 0.3) is 0 Å². The number of hydrogen-bond acceptors (Lipinski definition) is 3. The van der Waals surface area contributed by atoms with Crippen molar-refractivity contribution >= 4 is 0 Å². The van der Waals surface area contributed by atoms with E-state index in [4.69, 9.17) is 0 Å². The quantitative estimate of drug-likeness (QED) is 0.749. The standard InChI is InChI=1S/C18H35N3/c1-17(2)11-13(12-18(3,4)21-17)20-16-8-5-7-14(16)15-9-6-10-19-15/h13-16,19-21H,5-12H2,1-4H3. The van der Waals surface area contributed by atoms with Crippen LogP contribution in [-0.4, -0.2) is 35.7 Å². The molecular formula is C18H35N3. The number of piperidine rings is 1. The molecule has 3 aliphatic rings. The maximum absolute atomic E-state index is 4.08. The van der Waals surface area contributed by atoms with Gasteiger partial charge in [0.15, 0.2) is 0 Å². The Morgan fingerprint density at radius 1 is 0.905 bits per heavy atom. The van der Waals surface area contributed by atoms with Crippen LogP contribution in [0, 0.1) is 5.92 Å². The molecule has 2 heterocycles. The summed E-state index contributed by atoms with van der Waals surface area (Å²) in [6.45, 7) is 10.7. The van der Waals surface area contributed by atoms with Crippen molar-refractivity contribution in [3.8, 4) is 0 Å². The monoisotopic (exact) mass is 293 g/mol. The van der Waals surface area contributed by atoms with Crippen LogP contribution >= 0.6 is 0 Å². The zero-order valence-electron chi connectivity index (χ0n) is 14.5. The molecule has 0 aromatic heterocycles. The topological polar surface area (TPSA) is 36.1 Å². The second-order valence-electron chi connectivity index (χ2n) is 9.07. The molecule has 3 nitrogen and oxygen atoms in total. The van der Waals surface area contributed by atoms with Crippen molar-refractivity contribution in [1.29, 1.82) is 0 Å². The fourth-order valence-electron chi connectivity index (χ4n) is 5.50. The zero-order valence-corrected chi connectivity index (χ0v) is 14.5. The molecule has 0 radical (unpaired) electrons. The molecule has 2 saturated heterocycles. The van der Waals surface area contributed by atoms with E-state index in [0.29, 0.717) is 6.04 Å². The van der Waals surface area contributed by atoms with Gasteiger partial charge in [0.1, 0.15) is 0 Å². The molecule has 3 N–H and O–H groups in total. The van der Waals surface area contributed by atoms with Crippen LogP contribution in [0.3, 0.4) is 0 Å². The summed E-state index contributed by atoms with van der Waals surface area (Å²) in [6, 6.07) is 2.20. The third-order valence-electron chi connectivity index (χ3n) is 5.82. The summed E-state index contributed by atoms with van der Waals surface area (Å²) in [5.41, 5.74) is 0.498. The normalized spacial score (nSPS) is 39.7. The van der Waals surface area contributed by atoms with E-state index in [9.17, 15) is 0 Å². The van der Waals surface area contributed by atoms with E-state index >= 15 is 0 Å². The van der Waals surface area contributed by atoms with Crippen LogP contribution in [-0.2, 0) is 0 Å². The van der Waals surface area contributed by atoms with E-state index < -0.39 is 0 Å². The highest BCUT2D eigenvalue weighted by Gasteiger charge is 2.41. The molecule has 1 aliphatic carbocycles. The molecular weight excluding hydrogens is 258 g/mol. The van der Waals surface area contributed by atoms with Crippen LogP contribution < -0.4 is 16.0 Å². The first-order valence-corrected chi connectivity index (χ1v) is 9.13. The average Bonchev–Trinajstić information content (AvgIpc) is 2.93. The molecule has 3 rings (SSSR count). The highest BCUT2D eigenvalue weighted by Crippen LogP contribution is 2.35. The summed E-state index contributed by atoms with van der Waals surface area (Å²) in [5, 5.41) is 11.6. The molecule has 1 saturated carbocycles. The van der Waals surface area contributed by atoms with Gasteiger partial charge < -0.3 is 16.0 Å². The van der Waals surface area contributed by atoms with Gasteiger partial charge in [-0.05, 0) is 78.7 Å². The van der Waals surface area contributed by atoms with Gasteiger partial charge in [-0.15, -0.1) is 0 Å². The van der Waals surface area contributed by atoms with E-state index in [1.54, 1.807) is 0 Å². The third kappa shape index (κ3) is 3.80. The number of rotatable bonds is 3. The first kappa shape index (κ1) is 15.8. The van der Waals surface area contributed by atoms with Crippen LogP contribution in [0.4, 0.5) is 0 Å². The molecule has 0 spiro atoms. The van der Waals surface area contributed by atoms with Crippen LogP contribution in [0.15, 0.2) is 0 Å². The summed E-state index contributed by atoms with van der Waals surface area (Å²) in [4.78, 5) is 0. The molecule has 0 amide bonds. The number of nitrogens with one attached hydrogen (secondary N) is 3. The highest BCUT2D eigenvalue weighted by atomic mass is 15.1. The van der Waals surface area contributed by atoms with Crippen LogP contribution in [0.1, 0.15) is 72.6 Å². The van der Waals surface area contributed by atoms with Crippen LogP contribution in [0.2, 0.25) is 0 Å². The van der Waals surface area contributed by atoms with Gasteiger partial charge in [0.2, 0.25) is 0 Å². The Labute approximate surface area is 131 Å². The molecule has 0 bridgehead atoms. The predicted octanol–water partition coefficient (Wildman–Crippen LogP) is 2.81. The summed E-state index contributed by atoms with van der Waals surface area (Å²) >= 11 is 0. The van der Waals surface area contributed by atoms with E-state index in [2.05, 4.69) is 43.6 Å². The molecule has 2 aliphatic heterocycles. The van der Waals surface area contributed by atoms with Crippen molar-refractivity contribution in [3.63, 3.8) is 0 Å². The van der Waals surface area contributed by atoms with Gasteiger partial charge in [0.25, 0.3) is 0 Å². The molecule has 3 atom stereocenters. The number of hydrogen-bond donors (Lipinski definition) is 3. The average molecular weight is 293 g/mol. The van der Waals surface area contributed by atoms with E-state index in [-0.39, 0.29) is 11.1 Å². The van der Waals surface area contributed by atoms with Crippen molar-refractivity contribution < 1.29 is 0 Å². The Morgan fingerprint density at radius 3 is 2.24 bits per heavy atom. The van der Waals surface area contributed by atoms with E-state index in [1.165, 1.54) is 51.5 Å². The maximum Gasteiger partial charge on any atom is 0.0144 e. The Bertz CT molecular complexity index is 341. The largest absolute Gasteiger partial charge is 0.314 e. The first-order valence-electron chi connectivity index (χ1n) is 9.13. The van der Waals surface area contributed by atoms with Gasteiger partial charge in [-0.1, -0.05) is 6.42 Å². The Morgan fingerprint density at radius 2 is 1.62 bits per heavy atom. The summed E-state index contributed by atoms with van der Waals surface area (Å²) in [7, 11) is 0. The van der Waals surface area contributed by atoms with Gasteiger partial charge >= 0.3 is 0 Å². The van der Waals surface area contributed by atoms with E-state index in [0.717, 1.165) is 18.0 Å². The fourth-order valence-corrected chi connectivity index (χ4v) is 5.50. The molecule has 3 unspecified atom stereocenters. The van der Waals surface area contributed by atoms with Gasteiger partial charge in [-0.25, -0.2) is 0 Å². The minimum atomic E-state index is 0.249. The summed E-state index contributed by atoms with van der Waals surface area (Å²) in [6.07, 6.45) is 9.49. The van der Waals surface area contributed by atoms with Crippen molar-refractivity contribution in [2.75, 3.05) is 6.54 Å². The zero-order chi connectivity index (χ0) is 15.1. The van der Waals surface area contributed by atoms with Crippen molar-refractivity contribution in [1.82, 2.24) is 16.0 Å². The lowest BCUT2D eigenvalue weighted by Gasteiger charge is -2.48. The molecule has 3 heteroatoms. The molecule has 3 fully saturated rings. The van der Waals surface area contributed by atoms with Gasteiger partial charge in [-0.2, -0.15) is 0 Å². The molecule has 0 aromatic rings. The third-order valence-corrected chi connectivity index (χ3v) is 5.82. The molecule has 122 valence electrons. The predicted molar refractivity (Wildman–Crippen MR) is 89.6 cm³/mol.